The van der Waals surface area contributed by atoms with Crippen molar-refractivity contribution in [2.75, 3.05) is 5.33 Å². The second-order valence-corrected chi connectivity index (χ2v) is 5.04. The normalized spacial score (nSPS) is 10.4. The Balaban J connectivity index is 0.00000128. The zero-order chi connectivity index (χ0) is 11.0. The molecule has 2 rings (SSSR count). The van der Waals surface area contributed by atoms with Gasteiger partial charge in [0.25, 0.3) is 5.56 Å². The Morgan fingerprint density at radius 2 is 2.19 bits per heavy atom. The van der Waals surface area contributed by atoms with E-state index in [1.165, 1.54) is 11.3 Å². The van der Waals surface area contributed by atoms with E-state index in [9.17, 15) is 4.79 Å². The lowest BCUT2D eigenvalue weighted by atomic mass is 10.2. The number of rotatable bonds is 2. The topological polar surface area (TPSA) is 34.4 Å². The molecule has 3 nitrogen and oxygen atoms in total. The first-order valence-corrected chi connectivity index (χ1v) is 6.67. The molecule has 0 amide bonds. The van der Waals surface area contributed by atoms with Crippen LogP contribution in [0, 0.1) is 13.8 Å². The molecule has 0 saturated heterocycles. The van der Waals surface area contributed by atoms with E-state index in [-0.39, 0.29) is 22.5 Å². The number of aromatic nitrogens is 2. The van der Waals surface area contributed by atoms with Gasteiger partial charge in [0, 0.05) is 27.7 Å². The summed E-state index contributed by atoms with van der Waals surface area (Å²) >= 11 is 4.86. The van der Waals surface area contributed by atoms with Gasteiger partial charge in [0.15, 0.2) is 4.96 Å². The summed E-state index contributed by atoms with van der Waals surface area (Å²) in [6, 6.07) is 0. The van der Waals surface area contributed by atoms with Crippen molar-refractivity contribution in [2.45, 2.75) is 20.3 Å². The fourth-order valence-corrected chi connectivity index (χ4v) is 2.90. The van der Waals surface area contributed by atoms with Gasteiger partial charge >= 0.3 is 0 Å². The van der Waals surface area contributed by atoms with Crippen LogP contribution in [0.25, 0.3) is 4.96 Å². The molecule has 0 bridgehead atoms. The Morgan fingerprint density at radius 3 is 2.81 bits per heavy atom. The molecule has 0 unspecified atom stereocenters. The van der Waals surface area contributed by atoms with Crippen molar-refractivity contribution in [1.29, 1.82) is 0 Å². The van der Waals surface area contributed by atoms with Gasteiger partial charge in [0.05, 0.1) is 0 Å². The average Bonchev–Trinajstić information content (AvgIpc) is 2.54. The number of nitrogens with zero attached hydrogens (tertiary/aromatic N) is 2. The van der Waals surface area contributed by atoms with Crippen LogP contribution >= 0.6 is 44.2 Å². The molecule has 0 aliphatic heterocycles. The minimum absolute atomic E-state index is 0. The minimum atomic E-state index is 0. The van der Waals surface area contributed by atoms with Crippen LogP contribution in [-0.4, -0.2) is 14.7 Å². The second kappa shape index (κ2) is 5.42. The van der Waals surface area contributed by atoms with Crippen LogP contribution < -0.4 is 5.56 Å². The van der Waals surface area contributed by atoms with Gasteiger partial charge in [-0.1, -0.05) is 15.9 Å². The summed E-state index contributed by atoms with van der Waals surface area (Å²) < 4.78 is 1.69. The molecule has 6 heteroatoms. The molecule has 2 aromatic rings. The Hall–Kier alpha value is -0.200. The highest BCUT2D eigenvalue weighted by molar-refractivity contribution is 9.09. The number of hydrogen-bond acceptors (Lipinski definition) is 3. The van der Waals surface area contributed by atoms with E-state index < -0.39 is 0 Å². The monoisotopic (exact) mass is 366 g/mol. The predicted octanol–water partition coefficient (Wildman–Crippen LogP) is 2.89. The summed E-state index contributed by atoms with van der Waals surface area (Å²) in [4.78, 5) is 17.4. The highest BCUT2D eigenvalue weighted by Crippen LogP contribution is 2.13. The maximum atomic E-state index is 12.1. The first-order valence-electron chi connectivity index (χ1n) is 4.67. The van der Waals surface area contributed by atoms with Crippen LogP contribution in [0.4, 0.5) is 0 Å². The molecule has 0 N–H and O–H groups in total. The van der Waals surface area contributed by atoms with E-state index in [4.69, 9.17) is 0 Å². The lowest BCUT2D eigenvalue weighted by Crippen LogP contribution is -2.21. The van der Waals surface area contributed by atoms with Crippen molar-refractivity contribution in [3.8, 4) is 0 Å². The lowest BCUT2D eigenvalue weighted by molar-refractivity contribution is 0.936. The number of halogens is 2. The zero-order valence-electron chi connectivity index (χ0n) is 8.99. The van der Waals surface area contributed by atoms with Gasteiger partial charge in [0.2, 0.25) is 0 Å². The molecule has 2 aromatic heterocycles. The summed E-state index contributed by atoms with van der Waals surface area (Å²) in [6.07, 6.45) is 0.732. The molecular formula is C10H12Br2N2OS. The van der Waals surface area contributed by atoms with Crippen LogP contribution in [0.5, 0.6) is 0 Å². The van der Waals surface area contributed by atoms with E-state index in [0.29, 0.717) is 0 Å². The first-order chi connectivity index (χ1) is 7.15. The largest absolute Gasteiger partial charge is 0.269 e. The molecule has 0 radical (unpaired) electrons. The van der Waals surface area contributed by atoms with E-state index in [0.717, 1.165) is 33.7 Å². The molecule has 0 spiro atoms. The van der Waals surface area contributed by atoms with Gasteiger partial charge in [-0.25, -0.2) is 4.98 Å². The van der Waals surface area contributed by atoms with Crippen LogP contribution in [0.2, 0.25) is 0 Å². The minimum Gasteiger partial charge on any atom is -0.269 e. The fourth-order valence-electron chi connectivity index (χ4n) is 1.60. The molecule has 2 heterocycles. The van der Waals surface area contributed by atoms with Gasteiger partial charge in [-0.3, -0.25) is 9.20 Å². The number of hydrogen-bond donors (Lipinski definition) is 0. The molecule has 0 aliphatic carbocycles. The molecule has 0 fully saturated rings. The highest BCUT2D eigenvalue weighted by Gasteiger charge is 2.11. The van der Waals surface area contributed by atoms with Gasteiger partial charge in [0.1, 0.15) is 0 Å². The van der Waals surface area contributed by atoms with Crippen LogP contribution in [0.3, 0.4) is 0 Å². The number of aryl methyl sites for hydroxylation is 2. The molecular weight excluding hydrogens is 356 g/mol. The molecule has 0 aromatic carbocycles. The maximum absolute atomic E-state index is 12.1. The summed E-state index contributed by atoms with van der Waals surface area (Å²) in [5.41, 5.74) is 2.70. The third-order valence-electron chi connectivity index (χ3n) is 2.38. The Morgan fingerprint density at radius 1 is 1.50 bits per heavy atom. The van der Waals surface area contributed by atoms with E-state index in [1.54, 1.807) is 4.40 Å². The predicted molar refractivity (Wildman–Crippen MR) is 76.6 cm³/mol. The van der Waals surface area contributed by atoms with Gasteiger partial charge in [-0.15, -0.1) is 28.3 Å². The summed E-state index contributed by atoms with van der Waals surface area (Å²) in [7, 11) is 0. The van der Waals surface area contributed by atoms with Gasteiger partial charge in [-0.05, 0) is 20.3 Å². The van der Waals surface area contributed by atoms with Crippen molar-refractivity contribution in [3.63, 3.8) is 0 Å². The third-order valence-corrected chi connectivity index (χ3v) is 3.72. The quantitative estimate of drug-likeness (QED) is 0.765. The third kappa shape index (κ3) is 2.24. The van der Waals surface area contributed by atoms with Crippen LogP contribution in [-0.2, 0) is 6.42 Å². The lowest BCUT2D eigenvalue weighted by Gasteiger charge is -2.03. The SMILES string of the molecule is Br.Cc1nc2scc(C)n2c(=O)c1CCBr. The number of thiazole rings is 1. The molecule has 0 saturated carbocycles. The smallest absolute Gasteiger partial charge is 0.262 e. The second-order valence-electron chi connectivity index (χ2n) is 3.41. The Bertz CT molecular complexity index is 562. The van der Waals surface area contributed by atoms with Crippen molar-refractivity contribution < 1.29 is 0 Å². The zero-order valence-corrected chi connectivity index (χ0v) is 13.1. The molecule has 88 valence electrons. The highest BCUT2D eigenvalue weighted by atomic mass is 79.9. The number of fused-ring (bicyclic) bond motifs is 1. The fraction of sp³-hybridized carbons (Fsp3) is 0.400. The Kier molecular flexibility index (Phi) is 4.70. The van der Waals surface area contributed by atoms with Crippen molar-refractivity contribution in [3.05, 3.63) is 32.7 Å². The number of alkyl halides is 1. The van der Waals surface area contributed by atoms with Crippen molar-refractivity contribution in [2.24, 2.45) is 0 Å². The van der Waals surface area contributed by atoms with E-state index >= 15 is 0 Å². The van der Waals surface area contributed by atoms with Crippen molar-refractivity contribution >= 4 is 49.2 Å². The van der Waals surface area contributed by atoms with Crippen LogP contribution in [0.15, 0.2) is 10.2 Å². The first kappa shape index (κ1) is 13.9. The van der Waals surface area contributed by atoms with Gasteiger partial charge in [-0.2, -0.15) is 0 Å². The summed E-state index contributed by atoms with van der Waals surface area (Å²) in [5.74, 6) is 0. The van der Waals surface area contributed by atoms with E-state index in [2.05, 4.69) is 20.9 Å². The summed E-state index contributed by atoms with van der Waals surface area (Å²) in [6.45, 7) is 3.83. The molecule has 16 heavy (non-hydrogen) atoms. The molecule has 0 aliphatic rings. The average molecular weight is 368 g/mol. The molecule has 0 atom stereocenters. The van der Waals surface area contributed by atoms with Gasteiger partial charge < -0.3 is 0 Å². The van der Waals surface area contributed by atoms with Crippen LogP contribution in [0.1, 0.15) is 17.0 Å². The Labute approximate surface area is 116 Å². The van der Waals surface area contributed by atoms with E-state index in [1.807, 2.05) is 19.2 Å². The summed E-state index contributed by atoms with van der Waals surface area (Å²) in [5, 5.41) is 2.75. The maximum Gasteiger partial charge on any atom is 0.262 e. The standard InChI is InChI=1S/C10H11BrN2OS.BrH/c1-6-5-15-10-12-7(2)8(3-4-11)9(14)13(6)10;/h5H,3-4H2,1-2H3;1H. The van der Waals surface area contributed by atoms with Crippen molar-refractivity contribution in [1.82, 2.24) is 9.38 Å².